The van der Waals surface area contributed by atoms with Gasteiger partial charge in [0.1, 0.15) is 87.3 Å². The average Bonchev–Trinajstić information content (AvgIpc) is 0.699. The summed E-state index contributed by atoms with van der Waals surface area (Å²) in [4.78, 5) is 15.0. The molecule has 23 N–H and O–H groups in total. The molecule has 4 heterocycles. The Kier molecular flexibility index (Phi) is 14.7. The number of carbonyl (C=O) groups excluding carboxylic acids is 1. The third kappa shape index (κ3) is 9.95. The first-order valence-corrected chi connectivity index (χ1v) is 28.8. The third-order valence-electron chi connectivity index (χ3n) is 17.6. The minimum atomic E-state index is -2.40. The highest BCUT2D eigenvalue weighted by Crippen LogP contribution is 2.66. The first-order valence-electron chi connectivity index (χ1n) is 28.8. The summed E-state index contributed by atoms with van der Waals surface area (Å²) in [5, 5.41) is 264. The molecule has 0 bridgehead atoms. The van der Waals surface area contributed by atoms with Gasteiger partial charge in [-0.05, 0) is 77.4 Å². The van der Waals surface area contributed by atoms with Crippen molar-refractivity contribution in [2.24, 2.45) is 0 Å². The van der Waals surface area contributed by atoms with Gasteiger partial charge in [-0.25, -0.2) is 4.79 Å². The van der Waals surface area contributed by atoms with Crippen LogP contribution in [0.25, 0.3) is 0 Å². The number of carbonyl (C=O) groups is 1. The van der Waals surface area contributed by atoms with Gasteiger partial charge in [0.15, 0.2) is 93.4 Å². The average molecular weight is 1320 g/mol. The van der Waals surface area contributed by atoms with Crippen LogP contribution in [0.3, 0.4) is 0 Å². The van der Waals surface area contributed by atoms with E-state index in [1.54, 1.807) is 0 Å². The fourth-order valence-electron chi connectivity index (χ4n) is 13.3. The van der Waals surface area contributed by atoms with Crippen molar-refractivity contribution < 1.29 is 146 Å². The summed E-state index contributed by atoms with van der Waals surface area (Å²) in [5.41, 5.74) is -5.78. The van der Waals surface area contributed by atoms with Crippen LogP contribution < -0.4 is 18.9 Å². The molecular formula is C67H54O29. The normalized spacial score (nSPS) is 22.3. The number of ether oxygens (including phenoxy) is 5. The number of phenols is 20. The molecule has 4 aliphatic heterocycles. The molecule has 0 aliphatic carbocycles. The summed E-state index contributed by atoms with van der Waals surface area (Å²) in [6.07, 6.45) is -16.4. The number of aromatic hydroxyl groups is 20. The quantitative estimate of drug-likeness (QED) is 0.0536. The van der Waals surface area contributed by atoms with Gasteiger partial charge in [-0.3, -0.25) is 0 Å². The Labute approximate surface area is 537 Å². The molecule has 13 rings (SSSR count). The minimum absolute atomic E-state index is 0.00415. The number of aliphatic hydroxyl groups is 3. The van der Waals surface area contributed by atoms with Crippen molar-refractivity contribution >= 4 is 5.97 Å². The molecule has 0 spiro atoms. The summed E-state index contributed by atoms with van der Waals surface area (Å²) in [7, 11) is 0. The van der Waals surface area contributed by atoms with Crippen molar-refractivity contribution in [3.63, 3.8) is 0 Å². The molecule has 0 saturated carbocycles. The second-order valence-corrected chi connectivity index (χ2v) is 23.4. The molecule has 0 fully saturated rings. The van der Waals surface area contributed by atoms with E-state index in [0.29, 0.717) is 24.3 Å². The van der Waals surface area contributed by atoms with Crippen LogP contribution in [0.2, 0.25) is 0 Å². The monoisotopic (exact) mass is 1320 g/mol. The molecule has 29 heteroatoms. The van der Waals surface area contributed by atoms with Crippen LogP contribution in [0.1, 0.15) is 114 Å². The summed E-state index contributed by atoms with van der Waals surface area (Å²) in [6, 6.07) is 16.2. The Hall–Kier alpha value is -12.5. The molecular weight excluding hydrogens is 1270 g/mol. The van der Waals surface area contributed by atoms with Gasteiger partial charge in [0, 0.05) is 81.3 Å². The van der Waals surface area contributed by atoms with Gasteiger partial charge < -0.3 is 141 Å². The molecule has 0 amide bonds. The SMILES string of the molecule is O=C(OC1C(c2cc(O)c(O)c(O)c2)Oc2c(C3c4c(O)cc(O)cc4OC(c4ccc(O)c(O)c4)C3O)c(O)cc(O)c2C1c1c(O)cc(O)c2c1OC(c1ccc(O)c(O)c1)C(O)C2c1c(O)cc(O)c2c1OC(c1ccc(O)c(O)c1)C(O)C2)c1cc(O)c(O)c(O)c1. The predicted octanol–water partition coefficient (Wildman–Crippen LogP) is 6.58. The van der Waals surface area contributed by atoms with Crippen LogP contribution in [0.4, 0.5) is 0 Å². The third-order valence-corrected chi connectivity index (χ3v) is 17.6. The first kappa shape index (κ1) is 62.3. The maximum absolute atomic E-state index is 15.0. The highest BCUT2D eigenvalue weighted by atomic mass is 16.6. The van der Waals surface area contributed by atoms with Crippen molar-refractivity contribution in [3.8, 4) is 138 Å². The maximum Gasteiger partial charge on any atom is 0.338 e. The second-order valence-electron chi connectivity index (χ2n) is 23.4. The van der Waals surface area contributed by atoms with Gasteiger partial charge in [0.05, 0.1) is 29.4 Å². The summed E-state index contributed by atoms with van der Waals surface area (Å²) in [6.45, 7) is 0. The number of esters is 1. The van der Waals surface area contributed by atoms with E-state index in [4.69, 9.17) is 23.7 Å². The van der Waals surface area contributed by atoms with E-state index >= 15 is 4.79 Å². The van der Waals surface area contributed by atoms with Crippen LogP contribution in [0.15, 0.2) is 109 Å². The van der Waals surface area contributed by atoms with Gasteiger partial charge in [-0.15, -0.1) is 0 Å². The van der Waals surface area contributed by atoms with E-state index in [1.165, 1.54) is 12.1 Å². The van der Waals surface area contributed by atoms with Gasteiger partial charge >= 0.3 is 5.97 Å². The number of phenolic OH excluding ortho intramolecular Hbond substituents is 20. The minimum Gasteiger partial charge on any atom is -0.508 e. The molecule has 29 nitrogen and oxygen atoms in total. The first-order chi connectivity index (χ1) is 45.5. The fraction of sp³-hybridized carbons (Fsp3) is 0.179. The maximum atomic E-state index is 15.0. The molecule has 11 unspecified atom stereocenters. The number of benzene rings is 9. The molecule has 9 aromatic carbocycles. The van der Waals surface area contributed by atoms with Crippen LogP contribution in [-0.4, -0.2) is 148 Å². The lowest BCUT2D eigenvalue weighted by atomic mass is 9.72. The zero-order valence-electron chi connectivity index (χ0n) is 48.7. The van der Waals surface area contributed by atoms with Gasteiger partial charge in [0.2, 0.25) is 0 Å². The van der Waals surface area contributed by atoms with Crippen molar-refractivity contribution in [1.29, 1.82) is 0 Å². The van der Waals surface area contributed by atoms with Crippen LogP contribution in [0.5, 0.6) is 138 Å². The molecule has 4 aliphatic rings. The predicted molar refractivity (Wildman–Crippen MR) is 321 cm³/mol. The van der Waals surface area contributed by atoms with Gasteiger partial charge in [-0.2, -0.15) is 0 Å². The molecule has 0 saturated heterocycles. The van der Waals surface area contributed by atoms with E-state index in [-0.39, 0.29) is 22.3 Å². The zero-order valence-corrected chi connectivity index (χ0v) is 48.7. The van der Waals surface area contributed by atoms with Crippen molar-refractivity contribution in [3.05, 3.63) is 176 Å². The molecule has 496 valence electrons. The Bertz CT molecular complexity index is 4690. The van der Waals surface area contributed by atoms with E-state index in [0.717, 1.165) is 72.8 Å². The van der Waals surface area contributed by atoms with E-state index < -0.39 is 261 Å². The van der Waals surface area contributed by atoms with Crippen molar-refractivity contribution in [2.45, 2.75) is 73.0 Å². The number of rotatable bonds is 9. The highest BCUT2D eigenvalue weighted by Gasteiger charge is 2.55. The molecule has 9 aromatic rings. The fourth-order valence-corrected chi connectivity index (χ4v) is 13.3. The van der Waals surface area contributed by atoms with Crippen molar-refractivity contribution in [1.82, 2.24) is 0 Å². The number of hydrogen-bond donors (Lipinski definition) is 23. The summed E-state index contributed by atoms with van der Waals surface area (Å²) in [5.74, 6) is -28.7. The molecule has 96 heavy (non-hydrogen) atoms. The zero-order chi connectivity index (χ0) is 68.7. The smallest absolute Gasteiger partial charge is 0.338 e. The number of hydrogen-bond acceptors (Lipinski definition) is 29. The van der Waals surface area contributed by atoms with Gasteiger partial charge in [-0.1, -0.05) is 18.2 Å². The van der Waals surface area contributed by atoms with Crippen molar-refractivity contribution in [2.75, 3.05) is 0 Å². The summed E-state index contributed by atoms with van der Waals surface area (Å²) >= 11 is 0. The van der Waals surface area contributed by atoms with Crippen LogP contribution in [-0.2, 0) is 11.2 Å². The Balaban J connectivity index is 1.14. The molecule has 0 radical (unpaired) electrons. The Morgan fingerprint density at radius 1 is 0.333 bits per heavy atom. The lowest BCUT2D eigenvalue weighted by Crippen LogP contribution is -2.41. The standard InChI is InChI=1S/C67H54O29/c68-25-14-34(76)46-45(15-25)92-60(21-2-5-28(70)32(74)8-21)57(89)52(46)48-36(78)18-39(81)51-54(66(96-67(91)24-12-42(84)56(88)43(85)13-24)62(95-65(48)51)23-10-40(82)55(87)41(83)11-23)50-38(80)19-37(79)49-53(58(90)61(94-64(49)50)22-3-6-29(71)33(75)9-22)47-35(77)17-30(72)26-16-44(86)59(93-63(26)47)20-1-4-27(69)31(73)7-20/h1-15,17-19,44,52-54,57-62,66,68-90H,16H2. The Morgan fingerprint density at radius 2 is 0.708 bits per heavy atom. The molecule has 0 aromatic heterocycles. The number of fused-ring (bicyclic) bond motifs is 4. The Morgan fingerprint density at radius 3 is 1.19 bits per heavy atom. The van der Waals surface area contributed by atoms with Crippen LogP contribution in [0, 0.1) is 0 Å². The lowest BCUT2D eigenvalue weighted by molar-refractivity contribution is -0.0308. The topological polar surface area (TPSA) is 529 Å². The number of aliphatic hydroxyl groups excluding tert-OH is 3. The van der Waals surface area contributed by atoms with E-state index in [2.05, 4.69) is 0 Å². The molecule has 11 atom stereocenters. The second kappa shape index (κ2) is 22.7. The van der Waals surface area contributed by atoms with E-state index in [9.17, 15) is 117 Å². The van der Waals surface area contributed by atoms with Gasteiger partial charge in [0.25, 0.3) is 0 Å². The lowest BCUT2D eigenvalue weighted by Gasteiger charge is -2.45. The van der Waals surface area contributed by atoms with E-state index in [1.807, 2.05) is 0 Å². The highest BCUT2D eigenvalue weighted by molar-refractivity contribution is 5.91. The van der Waals surface area contributed by atoms with Crippen LogP contribution >= 0.6 is 0 Å². The summed E-state index contributed by atoms with van der Waals surface area (Å²) < 4.78 is 32.4. The largest absolute Gasteiger partial charge is 0.508 e.